The Labute approximate surface area is 85.5 Å². The fourth-order valence-electron chi connectivity index (χ4n) is 1.50. The summed E-state index contributed by atoms with van der Waals surface area (Å²) in [6, 6.07) is 0. The van der Waals surface area contributed by atoms with E-state index in [1.807, 2.05) is 0 Å². The van der Waals surface area contributed by atoms with Crippen LogP contribution in [0.25, 0.3) is 0 Å². The van der Waals surface area contributed by atoms with E-state index in [9.17, 15) is 4.79 Å². The first-order valence-electron chi connectivity index (χ1n) is 4.64. The summed E-state index contributed by atoms with van der Waals surface area (Å²) in [6.07, 6.45) is 3.34. The van der Waals surface area contributed by atoms with E-state index in [-0.39, 0.29) is 5.92 Å². The number of carbonyl (C=O) groups is 1. The van der Waals surface area contributed by atoms with E-state index in [1.165, 1.54) is 0 Å². The molecule has 0 amide bonds. The van der Waals surface area contributed by atoms with Crippen LogP contribution in [0.4, 0.5) is 0 Å². The number of piperidine rings is 1. The van der Waals surface area contributed by atoms with Crippen molar-refractivity contribution in [2.45, 2.75) is 19.8 Å². The van der Waals surface area contributed by atoms with Gasteiger partial charge in [-0.2, -0.15) is 12.6 Å². The second kappa shape index (κ2) is 7.21. The van der Waals surface area contributed by atoms with E-state index in [2.05, 4.69) is 24.5 Å². The van der Waals surface area contributed by atoms with Crippen molar-refractivity contribution in [2.75, 3.05) is 25.9 Å². The van der Waals surface area contributed by atoms with Gasteiger partial charge in [-0.25, -0.2) is 0 Å². The van der Waals surface area contributed by atoms with E-state index in [1.54, 1.807) is 6.26 Å². The van der Waals surface area contributed by atoms with Gasteiger partial charge in [0.25, 0.3) is 0 Å². The number of carboxylic acid groups (broad SMARTS) is 1. The standard InChI is InChI=1S/C8H15NO2.CH4S/c1-2-9-5-3-7(4-6-9)8(10)11;1-2/h7H,2-6H2,1H3,(H,10,11);2H,1H3. The Morgan fingerprint density at radius 3 is 2.23 bits per heavy atom. The highest BCUT2D eigenvalue weighted by molar-refractivity contribution is 7.79. The molecule has 1 rings (SSSR count). The van der Waals surface area contributed by atoms with Crippen molar-refractivity contribution in [1.82, 2.24) is 4.90 Å². The zero-order valence-corrected chi connectivity index (χ0v) is 9.26. The molecule has 0 aromatic heterocycles. The third-order valence-electron chi connectivity index (χ3n) is 2.38. The minimum absolute atomic E-state index is 0.0854. The highest BCUT2D eigenvalue weighted by Crippen LogP contribution is 2.16. The average Bonchev–Trinajstić information content (AvgIpc) is 2.21. The van der Waals surface area contributed by atoms with Crippen molar-refractivity contribution in [3.63, 3.8) is 0 Å². The van der Waals surface area contributed by atoms with E-state index >= 15 is 0 Å². The first kappa shape index (κ1) is 12.8. The number of carboxylic acids is 1. The zero-order chi connectivity index (χ0) is 10.3. The van der Waals surface area contributed by atoms with Gasteiger partial charge in [0, 0.05) is 0 Å². The maximum Gasteiger partial charge on any atom is 0.306 e. The van der Waals surface area contributed by atoms with Gasteiger partial charge in [-0.1, -0.05) is 6.92 Å². The van der Waals surface area contributed by atoms with Gasteiger partial charge in [0.1, 0.15) is 0 Å². The lowest BCUT2D eigenvalue weighted by molar-refractivity contribution is -0.143. The monoisotopic (exact) mass is 205 g/mol. The van der Waals surface area contributed by atoms with E-state index in [0.717, 1.165) is 32.5 Å². The lowest BCUT2D eigenvalue weighted by Gasteiger charge is -2.28. The fraction of sp³-hybridized carbons (Fsp3) is 0.889. The first-order chi connectivity index (χ1) is 6.24. The van der Waals surface area contributed by atoms with Gasteiger partial charge in [-0.3, -0.25) is 4.79 Å². The third-order valence-corrected chi connectivity index (χ3v) is 2.38. The SMILES string of the molecule is CCN1CCC(C(=O)O)CC1.CS. The van der Waals surface area contributed by atoms with Crippen LogP contribution in [0.2, 0.25) is 0 Å². The van der Waals surface area contributed by atoms with Gasteiger partial charge in [-0.05, 0) is 38.7 Å². The van der Waals surface area contributed by atoms with Crippen molar-refractivity contribution >= 4 is 18.6 Å². The number of rotatable bonds is 2. The molecule has 0 spiro atoms. The van der Waals surface area contributed by atoms with Gasteiger partial charge in [0.15, 0.2) is 0 Å². The molecule has 0 aromatic carbocycles. The Balaban J connectivity index is 0.000000671. The van der Waals surface area contributed by atoms with Crippen molar-refractivity contribution in [1.29, 1.82) is 0 Å². The molecule has 0 saturated carbocycles. The second-order valence-corrected chi connectivity index (χ2v) is 3.05. The highest BCUT2D eigenvalue weighted by Gasteiger charge is 2.23. The van der Waals surface area contributed by atoms with Gasteiger partial charge in [0.2, 0.25) is 0 Å². The lowest BCUT2D eigenvalue weighted by atomic mass is 9.97. The van der Waals surface area contributed by atoms with Gasteiger partial charge < -0.3 is 10.0 Å². The fourth-order valence-corrected chi connectivity index (χ4v) is 1.50. The van der Waals surface area contributed by atoms with Crippen LogP contribution >= 0.6 is 12.6 Å². The summed E-state index contributed by atoms with van der Waals surface area (Å²) >= 11 is 3.53. The minimum atomic E-state index is -0.624. The van der Waals surface area contributed by atoms with Crippen LogP contribution < -0.4 is 0 Å². The maximum absolute atomic E-state index is 10.5. The molecule has 1 heterocycles. The van der Waals surface area contributed by atoms with E-state index < -0.39 is 5.97 Å². The molecule has 0 atom stereocenters. The summed E-state index contributed by atoms with van der Waals surface area (Å²) in [7, 11) is 0. The molecule has 1 N–H and O–H groups in total. The normalized spacial score (nSPS) is 19.0. The quantitative estimate of drug-likeness (QED) is 0.669. The average molecular weight is 205 g/mol. The smallest absolute Gasteiger partial charge is 0.306 e. The molecule has 0 bridgehead atoms. The molecule has 0 unspecified atom stereocenters. The Bertz CT molecular complexity index is 145. The Morgan fingerprint density at radius 1 is 1.46 bits per heavy atom. The molecule has 4 heteroatoms. The summed E-state index contributed by atoms with van der Waals surface area (Å²) in [6.45, 7) is 5.06. The van der Waals surface area contributed by atoms with Crippen molar-refractivity contribution in [3.05, 3.63) is 0 Å². The highest BCUT2D eigenvalue weighted by atomic mass is 32.1. The number of hydrogen-bond donors (Lipinski definition) is 2. The van der Waals surface area contributed by atoms with Crippen molar-refractivity contribution in [2.24, 2.45) is 5.92 Å². The summed E-state index contributed by atoms with van der Waals surface area (Å²) in [5.74, 6) is -0.710. The molecular weight excluding hydrogens is 186 g/mol. The maximum atomic E-state index is 10.5. The van der Waals surface area contributed by atoms with Gasteiger partial charge in [0.05, 0.1) is 5.92 Å². The van der Waals surface area contributed by atoms with Crippen molar-refractivity contribution in [3.8, 4) is 0 Å². The molecule has 0 aromatic rings. The van der Waals surface area contributed by atoms with Gasteiger partial charge in [-0.15, -0.1) is 0 Å². The predicted octanol–water partition coefficient (Wildman–Crippen LogP) is 1.35. The molecule has 3 nitrogen and oxygen atoms in total. The molecule has 1 saturated heterocycles. The number of hydrogen-bond acceptors (Lipinski definition) is 3. The summed E-state index contributed by atoms with van der Waals surface area (Å²) in [5.41, 5.74) is 0. The summed E-state index contributed by atoms with van der Waals surface area (Å²) in [4.78, 5) is 12.8. The van der Waals surface area contributed by atoms with E-state index in [4.69, 9.17) is 5.11 Å². The molecule has 1 aliphatic heterocycles. The molecule has 13 heavy (non-hydrogen) atoms. The van der Waals surface area contributed by atoms with Crippen LogP contribution in [-0.4, -0.2) is 41.9 Å². The van der Waals surface area contributed by atoms with Crippen LogP contribution in [0.5, 0.6) is 0 Å². The topological polar surface area (TPSA) is 40.5 Å². The molecule has 1 aliphatic rings. The summed E-state index contributed by atoms with van der Waals surface area (Å²) < 4.78 is 0. The molecule has 0 radical (unpaired) electrons. The minimum Gasteiger partial charge on any atom is -0.481 e. The number of likely N-dealkylation sites (tertiary alicyclic amines) is 1. The first-order valence-corrected chi connectivity index (χ1v) is 5.53. The molecule has 78 valence electrons. The zero-order valence-electron chi connectivity index (χ0n) is 8.36. The summed E-state index contributed by atoms with van der Waals surface area (Å²) in [5, 5.41) is 8.68. The van der Waals surface area contributed by atoms with Crippen molar-refractivity contribution < 1.29 is 9.90 Å². The Hall–Kier alpha value is -0.220. The van der Waals surface area contributed by atoms with E-state index in [0.29, 0.717) is 0 Å². The van der Waals surface area contributed by atoms with Crippen LogP contribution in [0.15, 0.2) is 0 Å². The Kier molecular flexibility index (Phi) is 7.09. The Morgan fingerprint density at radius 2 is 1.92 bits per heavy atom. The molecule has 0 aliphatic carbocycles. The predicted molar refractivity (Wildman–Crippen MR) is 57.4 cm³/mol. The number of thiol groups is 1. The molecule has 1 fully saturated rings. The second-order valence-electron chi connectivity index (χ2n) is 3.05. The number of nitrogens with zero attached hydrogens (tertiary/aromatic N) is 1. The van der Waals surface area contributed by atoms with Crippen LogP contribution in [0.3, 0.4) is 0 Å². The molecular formula is C9H19NO2S. The van der Waals surface area contributed by atoms with Crippen LogP contribution in [0.1, 0.15) is 19.8 Å². The van der Waals surface area contributed by atoms with Crippen LogP contribution in [-0.2, 0) is 4.79 Å². The van der Waals surface area contributed by atoms with Gasteiger partial charge >= 0.3 is 5.97 Å². The largest absolute Gasteiger partial charge is 0.481 e. The lowest BCUT2D eigenvalue weighted by Crippen LogP contribution is -2.35. The third kappa shape index (κ3) is 4.52. The van der Waals surface area contributed by atoms with Crippen LogP contribution in [0, 0.1) is 5.92 Å². The number of aliphatic carboxylic acids is 1.